The summed E-state index contributed by atoms with van der Waals surface area (Å²) in [4.78, 5) is 18.4. The van der Waals surface area contributed by atoms with Crippen LogP contribution in [0.2, 0.25) is 0 Å². The predicted molar refractivity (Wildman–Crippen MR) is 83.8 cm³/mol. The number of hydrogen-bond donors (Lipinski definition) is 1. The van der Waals surface area contributed by atoms with Crippen molar-refractivity contribution >= 4 is 17.3 Å². The zero-order valence-corrected chi connectivity index (χ0v) is 12.2. The van der Waals surface area contributed by atoms with E-state index in [1.807, 2.05) is 23.1 Å². The van der Waals surface area contributed by atoms with E-state index in [0.717, 1.165) is 37.3 Å². The second-order valence-electron chi connectivity index (χ2n) is 5.45. The van der Waals surface area contributed by atoms with Crippen LogP contribution in [0, 0.1) is 6.92 Å². The van der Waals surface area contributed by atoms with E-state index in [1.165, 1.54) is 5.56 Å². The first-order valence-corrected chi connectivity index (χ1v) is 7.30. The second-order valence-corrected chi connectivity index (χ2v) is 5.45. The summed E-state index contributed by atoms with van der Waals surface area (Å²) in [6.07, 6.45) is 5.57. The SMILES string of the molecule is Cc1ccc(Nc2cncc(C(=O)N3CCCC3)c2)cc1. The van der Waals surface area contributed by atoms with Crippen LogP contribution in [0.4, 0.5) is 11.4 Å². The standard InChI is InChI=1S/C17H19N3O/c1-13-4-6-15(7-5-13)19-16-10-14(11-18-12-16)17(21)20-8-2-3-9-20/h4-7,10-12,19H,2-3,8-9H2,1H3. The van der Waals surface area contributed by atoms with Gasteiger partial charge in [0.2, 0.25) is 0 Å². The molecule has 0 bridgehead atoms. The molecule has 0 spiro atoms. The summed E-state index contributed by atoms with van der Waals surface area (Å²) in [5.41, 5.74) is 3.70. The van der Waals surface area contributed by atoms with E-state index < -0.39 is 0 Å². The summed E-state index contributed by atoms with van der Waals surface area (Å²) in [5.74, 6) is 0.0764. The molecule has 0 unspecified atom stereocenters. The van der Waals surface area contributed by atoms with E-state index in [-0.39, 0.29) is 5.91 Å². The average Bonchev–Trinajstić information content (AvgIpc) is 3.03. The lowest BCUT2D eigenvalue weighted by molar-refractivity contribution is 0.0792. The van der Waals surface area contributed by atoms with Gasteiger partial charge in [0.1, 0.15) is 0 Å². The number of carbonyl (C=O) groups excluding carboxylic acids is 1. The minimum Gasteiger partial charge on any atom is -0.354 e. The Labute approximate surface area is 124 Å². The van der Waals surface area contributed by atoms with Gasteiger partial charge in [-0.3, -0.25) is 9.78 Å². The van der Waals surface area contributed by atoms with E-state index in [9.17, 15) is 4.79 Å². The minimum atomic E-state index is 0.0764. The van der Waals surface area contributed by atoms with Crippen LogP contribution in [0.25, 0.3) is 0 Å². The Morgan fingerprint density at radius 2 is 1.81 bits per heavy atom. The molecule has 0 radical (unpaired) electrons. The van der Waals surface area contributed by atoms with Crippen molar-refractivity contribution < 1.29 is 4.79 Å². The zero-order valence-electron chi connectivity index (χ0n) is 12.2. The van der Waals surface area contributed by atoms with Gasteiger partial charge in [0.05, 0.1) is 17.4 Å². The number of aryl methyl sites for hydroxylation is 1. The van der Waals surface area contributed by atoms with E-state index in [0.29, 0.717) is 5.56 Å². The summed E-state index contributed by atoms with van der Waals surface area (Å²) in [6.45, 7) is 3.77. The average molecular weight is 281 g/mol. The molecule has 1 amide bonds. The minimum absolute atomic E-state index is 0.0764. The maximum atomic E-state index is 12.4. The number of benzene rings is 1. The summed E-state index contributed by atoms with van der Waals surface area (Å²) in [6, 6.07) is 10.0. The molecule has 4 heteroatoms. The smallest absolute Gasteiger partial charge is 0.255 e. The number of aromatic nitrogens is 1. The van der Waals surface area contributed by atoms with Crippen molar-refractivity contribution in [2.45, 2.75) is 19.8 Å². The quantitative estimate of drug-likeness (QED) is 0.938. The highest BCUT2D eigenvalue weighted by molar-refractivity contribution is 5.95. The molecule has 1 N–H and O–H groups in total. The number of rotatable bonds is 3. The van der Waals surface area contributed by atoms with Crippen LogP contribution in [-0.4, -0.2) is 28.9 Å². The molecule has 1 fully saturated rings. The van der Waals surface area contributed by atoms with Gasteiger partial charge >= 0.3 is 0 Å². The van der Waals surface area contributed by atoms with Crippen molar-refractivity contribution in [1.82, 2.24) is 9.88 Å². The van der Waals surface area contributed by atoms with Crippen LogP contribution in [0.3, 0.4) is 0 Å². The predicted octanol–water partition coefficient (Wildman–Crippen LogP) is 3.37. The molecular formula is C17H19N3O. The summed E-state index contributed by atoms with van der Waals surface area (Å²) in [7, 11) is 0. The molecule has 0 aliphatic carbocycles. The van der Waals surface area contributed by atoms with Crippen LogP contribution in [-0.2, 0) is 0 Å². The van der Waals surface area contributed by atoms with Crippen LogP contribution in [0.5, 0.6) is 0 Å². The first-order valence-electron chi connectivity index (χ1n) is 7.30. The molecule has 1 saturated heterocycles. The Morgan fingerprint density at radius 1 is 1.10 bits per heavy atom. The lowest BCUT2D eigenvalue weighted by Crippen LogP contribution is -2.27. The molecule has 21 heavy (non-hydrogen) atoms. The molecule has 1 aliphatic rings. The number of nitrogens with one attached hydrogen (secondary N) is 1. The van der Waals surface area contributed by atoms with Gasteiger partial charge in [0.25, 0.3) is 5.91 Å². The van der Waals surface area contributed by atoms with Gasteiger partial charge in [-0.1, -0.05) is 17.7 Å². The third kappa shape index (κ3) is 3.21. The molecule has 1 aromatic carbocycles. The highest BCUT2D eigenvalue weighted by atomic mass is 16.2. The summed E-state index contributed by atoms with van der Waals surface area (Å²) in [5, 5.41) is 3.28. The van der Waals surface area contributed by atoms with Gasteiger partial charge in [-0.15, -0.1) is 0 Å². The molecule has 2 heterocycles. The topological polar surface area (TPSA) is 45.2 Å². The molecule has 1 aliphatic heterocycles. The molecule has 0 saturated carbocycles. The third-order valence-electron chi connectivity index (χ3n) is 3.72. The number of carbonyl (C=O) groups is 1. The molecule has 0 atom stereocenters. The molecule has 4 nitrogen and oxygen atoms in total. The van der Waals surface area contributed by atoms with E-state index in [4.69, 9.17) is 0 Å². The number of nitrogens with zero attached hydrogens (tertiary/aromatic N) is 2. The zero-order chi connectivity index (χ0) is 14.7. The van der Waals surface area contributed by atoms with Crippen molar-refractivity contribution in [3.05, 3.63) is 53.9 Å². The maximum Gasteiger partial charge on any atom is 0.255 e. The first kappa shape index (κ1) is 13.6. The van der Waals surface area contributed by atoms with Gasteiger partial charge in [-0.25, -0.2) is 0 Å². The highest BCUT2D eigenvalue weighted by Crippen LogP contribution is 2.19. The van der Waals surface area contributed by atoms with Gasteiger partial charge in [0, 0.05) is 25.0 Å². The van der Waals surface area contributed by atoms with Gasteiger partial charge in [-0.05, 0) is 38.0 Å². The molecular weight excluding hydrogens is 262 g/mol. The second kappa shape index (κ2) is 5.95. The third-order valence-corrected chi connectivity index (χ3v) is 3.72. The largest absolute Gasteiger partial charge is 0.354 e. The molecule has 3 rings (SSSR count). The van der Waals surface area contributed by atoms with Crippen molar-refractivity contribution in [2.24, 2.45) is 0 Å². The summed E-state index contributed by atoms with van der Waals surface area (Å²) >= 11 is 0. The fraction of sp³-hybridized carbons (Fsp3) is 0.294. The van der Waals surface area contributed by atoms with Crippen molar-refractivity contribution in [1.29, 1.82) is 0 Å². The number of pyridine rings is 1. The van der Waals surface area contributed by atoms with E-state index in [1.54, 1.807) is 12.4 Å². The lowest BCUT2D eigenvalue weighted by atomic mass is 10.2. The van der Waals surface area contributed by atoms with E-state index >= 15 is 0 Å². The Bertz CT molecular complexity index is 631. The summed E-state index contributed by atoms with van der Waals surface area (Å²) < 4.78 is 0. The number of amides is 1. The fourth-order valence-electron chi connectivity index (χ4n) is 2.53. The van der Waals surface area contributed by atoms with Gasteiger partial charge < -0.3 is 10.2 Å². The van der Waals surface area contributed by atoms with Crippen molar-refractivity contribution in [3.8, 4) is 0 Å². The Kier molecular flexibility index (Phi) is 3.86. The number of likely N-dealkylation sites (tertiary alicyclic amines) is 1. The fourth-order valence-corrected chi connectivity index (χ4v) is 2.53. The normalized spacial score (nSPS) is 14.2. The van der Waals surface area contributed by atoms with Gasteiger partial charge in [0.15, 0.2) is 0 Å². The van der Waals surface area contributed by atoms with Crippen LogP contribution in [0.15, 0.2) is 42.7 Å². The van der Waals surface area contributed by atoms with Crippen LogP contribution < -0.4 is 5.32 Å². The number of anilines is 2. The van der Waals surface area contributed by atoms with Crippen molar-refractivity contribution in [3.63, 3.8) is 0 Å². The first-order chi connectivity index (χ1) is 10.2. The number of hydrogen-bond acceptors (Lipinski definition) is 3. The highest BCUT2D eigenvalue weighted by Gasteiger charge is 2.19. The van der Waals surface area contributed by atoms with Crippen molar-refractivity contribution in [2.75, 3.05) is 18.4 Å². The van der Waals surface area contributed by atoms with Gasteiger partial charge in [-0.2, -0.15) is 0 Å². The molecule has 1 aromatic heterocycles. The molecule has 108 valence electrons. The van der Waals surface area contributed by atoms with E-state index in [2.05, 4.69) is 29.4 Å². The Morgan fingerprint density at radius 3 is 2.52 bits per heavy atom. The van der Waals surface area contributed by atoms with Crippen LogP contribution >= 0.6 is 0 Å². The molecule has 2 aromatic rings. The Hall–Kier alpha value is -2.36. The Balaban J connectivity index is 1.76. The lowest BCUT2D eigenvalue weighted by Gasteiger charge is -2.15. The maximum absolute atomic E-state index is 12.4. The monoisotopic (exact) mass is 281 g/mol. The van der Waals surface area contributed by atoms with Crippen LogP contribution in [0.1, 0.15) is 28.8 Å².